The quantitative estimate of drug-likeness (QED) is 0.524. The number of sulfonamides is 1. The standard InChI is InChI=1S/C26H27FN2O3S/c1-19-8-14-25(15-9-19)33(31,32)28(2)23-12-10-21(11-13-23)26(30)29-16-4-7-24(29)18-20-5-3-6-22(27)17-20/h3,5-6,8-15,17,24H,4,7,16,18H2,1-2H3. The summed E-state index contributed by atoms with van der Waals surface area (Å²) >= 11 is 0. The van der Waals surface area contributed by atoms with Crippen LogP contribution in [0.2, 0.25) is 0 Å². The lowest BCUT2D eigenvalue weighted by atomic mass is 10.0. The van der Waals surface area contributed by atoms with Gasteiger partial charge in [0, 0.05) is 25.2 Å². The first kappa shape index (κ1) is 23.0. The first-order chi connectivity index (χ1) is 15.8. The van der Waals surface area contributed by atoms with Crippen molar-refractivity contribution in [1.82, 2.24) is 4.90 Å². The van der Waals surface area contributed by atoms with Gasteiger partial charge in [-0.15, -0.1) is 0 Å². The molecule has 0 N–H and O–H groups in total. The van der Waals surface area contributed by atoms with Gasteiger partial charge in [-0.1, -0.05) is 29.8 Å². The molecule has 1 fully saturated rings. The van der Waals surface area contributed by atoms with Crippen LogP contribution in [0.3, 0.4) is 0 Å². The molecule has 1 atom stereocenters. The van der Waals surface area contributed by atoms with Crippen molar-refractivity contribution in [1.29, 1.82) is 0 Å². The van der Waals surface area contributed by atoms with Crippen molar-refractivity contribution >= 4 is 21.6 Å². The summed E-state index contributed by atoms with van der Waals surface area (Å²) in [5, 5.41) is 0. The number of amides is 1. The van der Waals surface area contributed by atoms with E-state index in [2.05, 4.69) is 0 Å². The number of carbonyl (C=O) groups is 1. The highest BCUT2D eigenvalue weighted by molar-refractivity contribution is 7.92. The number of halogens is 1. The molecular weight excluding hydrogens is 439 g/mol. The third-order valence-corrected chi connectivity index (χ3v) is 7.96. The van der Waals surface area contributed by atoms with E-state index in [1.807, 2.05) is 17.9 Å². The molecule has 0 aromatic heterocycles. The van der Waals surface area contributed by atoms with Crippen LogP contribution >= 0.6 is 0 Å². The highest BCUT2D eigenvalue weighted by atomic mass is 32.2. The Morgan fingerprint density at radius 3 is 2.42 bits per heavy atom. The molecule has 1 aliphatic heterocycles. The molecule has 3 aromatic rings. The maximum absolute atomic E-state index is 13.5. The Balaban J connectivity index is 1.49. The first-order valence-electron chi connectivity index (χ1n) is 11.0. The number of aryl methyl sites for hydroxylation is 1. The van der Waals surface area contributed by atoms with Gasteiger partial charge in [0.05, 0.1) is 10.6 Å². The van der Waals surface area contributed by atoms with Gasteiger partial charge in [0.15, 0.2) is 0 Å². The topological polar surface area (TPSA) is 57.7 Å². The molecule has 4 rings (SSSR count). The lowest BCUT2D eigenvalue weighted by Gasteiger charge is -2.25. The van der Waals surface area contributed by atoms with Crippen molar-refractivity contribution in [3.8, 4) is 0 Å². The van der Waals surface area contributed by atoms with Gasteiger partial charge in [-0.3, -0.25) is 9.10 Å². The Morgan fingerprint density at radius 1 is 1.06 bits per heavy atom. The molecule has 0 saturated carbocycles. The molecule has 0 spiro atoms. The zero-order valence-corrected chi connectivity index (χ0v) is 19.6. The normalized spacial score (nSPS) is 16.1. The largest absolute Gasteiger partial charge is 0.335 e. The van der Waals surface area contributed by atoms with E-state index < -0.39 is 10.0 Å². The highest BCUT2D eigenvalue weighted by Crippen LogP contribution is 2.26. The SMILES string of the molecule is Cc1ccc(S(=O)(=O)N(C)c2ccc(C(=O)N3CCCC3Cc3cccc(F)c3)cc2)cc1. The van der Waals surface area contributed by atoms with Gasteiger partial charge in [0.1, 0.15) is 5.82 Å². The maximum Gasteiger partial charge on any atom is 0.264 e. The first-order valence-corrected chi connectivity index (χ1v) is 12.4. The smallest absolute Gasteiger partial charge is 0.264 e. The summed E-state index contributed by atoms with van der Waals surface area (Å²) in [7, 11) is -2.20. The molecule has 7 heteroatoms. The molecule has 0 bridgehead atoms. The molecule has 1 aliphatic rings. The van der Waals surface area contributed by atoms with Gasteiger partial charge in [-0.05, 0) is 80.3 Å². The predicted molar refractivity (Wildman–Crippen MR) is 127 cm³/mol. The third-order valence-electron chi connectivity index (χ3n) is 6.16. The number of anilines is 1. The van der Waals surface area contributed by atoms with Crippen LogP contribution in [-0.2, 0) is 16.4 Å². The lowest BCUT2D eigenvalue weighted by Crippen LogP contribution is -2.36. The minimum Gasteiger partial charge on any atom is -0.335 e. The third kappa shape index (κ3) is 4.93. The summed E-state index contributed by atoms with van der Waals surface area (Å²) in [6.07, 6.45) is 2.39. The van der Waals surface area contributed by atoms with E-state index >= 15 is 0 Å². The molecule has 3 aromatic carbocycles. The van der Waals surface area contributed by atoms with Crippen molar-refractivity contribution in [3.63, 3.8) is 0 Å². The summed E-state index contributed by atoms with van der Waals surface area (Å²) < 4.78 is 40.6. The fourth-order valence-electron chi connectivity index (χ4n) is 4.24. The monoisotopic (exact) mass is 466 g/mol. The van der Waals surface area contributed by atoms with Crippen LogP contribution in [0, 0.1) is 12.7 Å². The molecule has 1 heterocycles. The molecule has 0 aliphatic carbocycles. The van der Waals surface area contributed by atoms with E-state index in [9.17, 15) is 17.6 Å². The average Bonchev–Trinajstić information content (AvgIpc) is 3.26. The summed E-state index contributed by atoms with van der Waals surface area (Å²) in [5.41, 5.74) is 2.84. The van der Waals surface area contributed by atoms with E-state index in [4.69, 9.17) is 0 Å². The Bertz CT molecular complexity index is 1240. The van der Waals surface area contributed by atoms with Gasteiger partial charge >= 0.3 is 0 Å². The Labute approximate surface area is 194 Å². The zero-order chi connectivity index (χ0) is 23.6. The molecule has 1 saturated heterocycles. The average molecular weight is 467 g/mol. The van der Waals surface area contributed by atoms with Gasteiger partial charge in [-0.25, -0.2) is 12.8 Å². The Hall–Kier alpha value is -3.19. The number of benzene rings is 3. The number of carbonyl (C=O) groups excluding carboxylic acids is 1. The van der Waals surface area contributed by atoms with Gasteiger partial charge in [0.25, 0.3) is 15.9 Å². The minimum atomic E-state index is -3.70. The van der Waals surface area contributed by atoms with Crippen molar-refractivity contribution in [2.45, 2.75) is 37.1 Å². The Kier molecular flexibility index (Phi) is 6.51. The number of rotatable bonds is 6. The van der Waals surface area contributed by atoms with Gasteiger partial charge in [0.2, 0.25) is 0 Å². The second kappa shape index (κ2) is 9.35. The van der Waals surface area contributed by atoms with Crippen molar-refractivity contribution in [2.24, 2.45) is 0 Å². The number of hydrogen-bond acceptors (Lipinski definition) is 3. The van der Waals surface area contributed by atoms with Crippen LogP contribution in [0.15, 0.2) is 77.7 Å². The second-order valence-electron chi connectivity index (χ2n) is 8.46. The van der Waals surface area contributed by atoms with Gasteiger partial charge in [-0.2, -0.15) is 0 Å². The van der Waals surface area contributed by atoms with Crippen LogP contribution in [0.25, 0.3) is 0 Å². The molecule has 0 radical (unpaired) electrons. The van der Waals surface area contributed by atoms with Crippen LogP contribution in [0.1, 0.15) is 34.3 Å². The van der Waals surface area contributed by atoms with E-state index in [0.29, 0.717) is 24.2 Å². The van der Waals surface area contributed by atoms with E-state index in [0.717, 1.165) is 24.0 Å². The van der Waals surface area contributed by atoms with Crippen molar-refractivity contribution < 1.29 is 17.6 Å². The lowest BCUT2D eigenvalue weighted by molar-refractivity contribution is 0.0736. The number of likely N-dealkylation sites (tertiary alicyclic amines) is 1. The summed E-state index contributed by atoms with van der Waals surface area (Å²) in [5.74, 6) is -0.367. The fraction of sp³-hybridized carbons (Fsp3) is 0.269. The molecule has 172 valence electrons. The predicted octanol–water partition coefficient (Wildman–Crippen LogP) is 4.81. The second-order valence-corrected chi connectivity index (χ2v) is 10.4. The highest BCUT2D eigenvalue weighted by Gasteiger charge is 2.30. The number of nitrogens with zero attached hydrogens (tertiary/aromatic N) is 2. The Morgan fingerprint density at radius 2 is 1.76 bits per heavy atom. The van der Waals surface area contributed by atoms with Crippen molar-refractivity contribution in [2.75, 3.05) is 17.9 Å². The number of hydrogen-bond donors (Lipinski definition) is 0. The molecule has 1 unspecified atom stereocenters. The van der Waals surface area contributed by atoms with Crippen LogP contribution in [0.4, 0.5) is 10.1 Å². The van der Waals surface area contributed by atoms with Gasteiger partial charge < -0.3 is 4.90 Å². The molecule has 5 nitrogen and oxygen atoms in total. The zero-order valence-electron chi connectivity index (χ0n) is 18.7. The van der Waals surface area contributed by atoms with Crippen LogP contribution < -0.4 is 4.31 Å². The minimum absolute atomic E-state index is 0.0172. The summed E-state index contributed by atoms with van der Waals surface area (Å²) in [6.45, 7) is 2.56. The fourth-order valence-corrected chi connectivity index (χ4v) is 5.43. The van der Waals surface area contributed by atoms with E-state index in [1.165, 1.54) is 23.5 Å². The molecular formula is C26H27FN2O3S. The van der Waals surface area contributed by atoms with Crippen molar-refractivity contribution in [3.05, 3.63) is 95.3 Å². The van der Waals surface area contributed by atoms with Crippen LogP contribution in [-0.4, -0.2) is 38.9 Å². The van der Waals surface area contributed by atoms with Crippen LogP contribution in [0.5, 0.6) is 0 Å². The van der Waals surface area contributed by atoms with E-state index in [1.54, 1.807) is 54.6 Å². The maximum atomic E-state index is 13.5. The summed E-state index contributed by atoms with van der Waals surface area (Å²) in [6, 6.07) is 19.8. The molecule has 33 heavy (non-hydrogen) atoms. The molecule has 1 amide bonds. The summed E-state index contributed by atoms with van der Waals surface area (Å²) in [4.78, 5) is 15.2. The van der Waals surface area contributed by atoms with E-state index in [-0.39, 0.29) is 22.7 Å².